The lowest BCUT2D eigenvalue weighted by Crippen LogP contribution is -2.54. The van der Waals surface area contributed by atoms with Crippen LogP contribution in [0.3, 0.4) is 0 Å². The number of amides is 3. The van der Waals surface area contributed by atoms with Crippen molar-refractivity contribution in [2.75, 3.05) is 19.6 Å². The summed E-state index contributed by atoms with van der Waals surface area (Å²) in [6.45, 7) is 2.36. The van der Waals surface area contributed by atoms with E-state index in [0.717, 1.165) is 44.1 Å². The van der Waals surface area contributed by atoms with Gasteiger partial charge in [0.2, 0.25) is 5.91 Å². The SMILES string of the molecule is O=C[B]N1CCC(NC(=O)[C@@H]2CC[C@@H]3CN2C(=O)N3OCc2ccccc2)CC1. The van der Waals surface area contributed by atoms with Crippen LogP contribution in [0.2, 0.25) is 0 Å². The molecule has 1 aromatic rings. The fourth-order valence-electron chi connectivity index (χ4n) is 4.37. The summed E-state index contributed by atoms with van der Waals surface area (Å²) in [6, 6.07) is 9.15. The molecule has 2 bridgehead atoms. The van der Waals surface area contributed by atoms with E-state index in [2.05, 4.69) is 5.32 Å². The molecule has 0 saturated carbocycles. The van der Waals surface area contributed by atoms with Gasteiger partial charge in [-0.2, -0.15) is 5.06 Å². The van der Waals surface area contributed by atoms with Crippen molar-refractivity contribution in [2.45, 2.75) is 50.4 Å². The lowest BCUT2D eigenvalue weighted by Gasteiger charge is -2.34. The molecule has 29 heavy (non-hydrogen) atoms. The van der Waals surface area contributed by atoms with E-state index in [1.165, 1.54) is 5.06 Å². The Morgan fingerprint density at radius 2 is 1.93 bits per heavy atom. The van der Waals surface area contributed by atoms with Crippen molar-refractivity contribution in [3.05, 3.63) is 35.9 Å². The predicted octanol–water partition coefficient (Wildman–Crippen LogP) is 0.777. The van der Waals surface area contributed by atoms with Gasteiger partial charge in [0.1, 0.15) is 12.6 Å². The Kier molecular flexibility index (Phi) is 6.15. The molecule has 0 aromatic heterocycles. The maximum atomic E-state index is 12.9. The predicted molar refractivity (Wildman–Crippen MR) is 107 cm³/mol. The Hall–Kier alpha value is -2.39. The highest BCUT2D eigenvalue weighted by molar-refractivity contribution is 6.64. The molecular formula is C20H26BN4O4. The number of hydroxylamine groups is 2. The van der Waals surface area contributed by atoms with Crippen molar-refractivity contribution in [1.29, 1.82) is 0 Å². The van der Waals surface area contributed by atoms with E-state index < -0.39 is 6.04 Å². The van der Waals surface area contributed by atoms with E-state index in [4.69, 9.17) is 4.84 Å². The van der Waals surface area contributed by atoms with Crippen LogP contribution in [0.4, 0.5) is 4.79 Å². The lowest BCUT2D eigenvalue weighted by molar-refractivity contribution is -0.140. The van der Waals surface area contributed by atoms with Crippen molar-refractivity contribution in [3.63, 3.8) is 0 Å². The minimum Gasteiger partial charge on any atom is -0.351 e. The smallest absolute Gasteiger partial charge is 0.345 e. The normalized spacial score (nSPS) is 25.2. The van der Waals surface area contributed by atoms with Crippen LogP contribution in [-0.2, 0) is 21.0 Å². The van der Waals surface area contributed by atoms with Crippen molar-refractivity contribution in [1.82, 2.24) is 20.1 Å². The number of hydrogen-bond donors (Lipinski definition) is 1. The van der Waals surface area contributed by atoms with Gasteiger partial charge in [0.25, 0.3) is 7.41 Å². The first-order valence-corrected chi connectivity index (χ1v) is 10.3. The van der Waals surface area contributed by atoms with Crippen LogP contribution in [0.15, 0.2) is 30.3 Å². The molecule has 3 saturated heterocycles. The highest BCUT2D eigenvalue weighted by atomic mass is 16.7. The number of piperidine rings is 2. The molecule has 4 rings (SSSR count). The molecule has 3 amide bonds. The third-order valence-electron chi connectivity index (χ3n) is 5.99. The van der Waals surface area contributed by atoms with Crippen LogP contribution < -0.4 is 5.32 Å². The molecule has 153 valence electrons. The fourth-order valence-corrected chi connectivity index (χ4v) is 4.37. The van der Waals surface area contributed by atoms with Gasteiger partial charge < -0.3 is 19.8 Å². The average molecular weight is 397 g/mol. The highest BCUT2D eigenvalue weighted by Crippen LogP contribution is 2.30. The van der Waals surface area contributed by atoms with Crippen LogP contribution in [0.5, 0.6) is 0 Å². The lowest BCUT2D eigenvalue weighted by atomic mass is 9.89. The molecular weight excluding hydrogens is 371 g/mol. The number of rotatable bonds is 7. The van der Waals surface area contributed by atoms with E-state index >= 15 is 0 Å². The molecule has 1 N–H and O–H groups in total. The summed E-state index contributed by atoms with van der Waals surface area (Å²) in [6.07, 6.45) is 3.78. The largest absolute Gasteiger partial charge is 0.351 e. The van der Waals surface area contributed by atoms with Crippen LogP contribution in [-0.4, -0.2) is 78.1 Å². The Morgan fingerprint density at radius 1 is 1.17 bits per heavy atom. The van der Waals surface area contributed by atoms with Gasteiger partial charge >= 0.3 is 6.03 Å². The van der Waals surface area contributed by atoms with Gasteiger partial charge in [-0.1, -0.05) is 30.3 Å². The number of hydrogen-bond acceptors (Lipinski definition) is 5. The molecule has 0 aliphatic carbocycles. The number of carbonyl (C=O) groups is 3. The summed E-state index contributed by atoms with van der Waals surface area (Å²) in [5.41, 5.74) is 1.00. The van der Waals surface area contributed by atoms with Gasteiger partial charge in [0, 0.05) is 12.6 Å². The third kappa shape index (κ3) is 4.46. The van der Waals surface area contributed by atoms with Gasteiger partial charge in [0.15, 0.2) is 0 Å². The van der Waals surface area contributed by atoms with E-state index in [-0.39, 0.29) is 24.0 Å². The van der Waals surface area contributed by atoms with Gasteiger partial charge in [-0.15, -0.1) is 0 Å². The standard InChI is InChI=1S/C20H26BN4O4/c26-14-21-23-10-8-16(9-11-23)22-19(27)18-7-6-17-12-24(18)20(28)25(17)29-13-15-4-2-1-3-5-15/h1-5,14,16-18H,6-13H2,(H,22,27)/t17-,18+/m1/s1. The molecule has 2 atom stereocenters. The summed E-state index contributed by atoms with van der Waals surface area (Å²) >= 11 is 0. The molecule has 1 radical (unpaired) electrons. The van der Waals surface area contributed by atoms with Crippen LogP contribution in [0, 0.1) is 0 Å². The molecule has 3 aliphatic rings. The maximum absolute atomic E-state index is 12.9. The maximum Gasteiger partial charge on any atom is 0.345 e. The van der Waals surface area contributed by atoms with Gasteiger partial charge in [-0.25, -0.2) is 4.79 Å². The Balaban J connectivity index is 1.30. The zero-order valence-electron chi connectivity index (χ0n) is 16.4. The first kappa shape index (κ1) is 19.9. The van der Waals surface area contributed by atoms with Crippen molar-refractivity contribution < 1.29 is 19.2 Å². The van der Waals surface area contributed by atoms with Crippen LogP contribution >= 0.6 is 0 Å². The van der Waals surface area contributed by atoms with Gasteiger partial charge in [-0.05, 0) is 44.3 Å². The van der Waals surface area contributed by atoms with E-state index in [1.54, 1.807) is 12.3 Å². The number of nitrogens with one attached hydrogen (secondary N) is 1. The zero-order valence-corrected chi connectivity index (χ0v) is 16.4. The molecule has 3 heterocycles. The van der Waals surface area contributed by atoms with Crippen molar-refractivity contribution >= 4 is 25.5 Å². The summed E-state index contributed by atoms with van der Waals surface area (Å²) in [4.78, 5) is 45.7. The summed E-state index contributed by atoms with van der Waals surface area (Å²) < 4.78 is 0. The zero-order chi connectivity index (χ0) is 20.2. The molecule has 1 aromatic carbocycles. The van der Waals surface area contributed by atoms with Crippen LogP contribution in [0.25, 0.3) is 0 Å². The van der Waals surface area contributed by atoms with Gasteiger partial charge in [-0.3, -0.25) is 9.63 Å². The monoisotopic (exact) mass is 397 g/mol. The highest BCUT2D eigenvalue weighted by Gasteiger charge is 2.48. The number of carbonyl (C=O) groups excluding carboxylic acids is 3. The Bertz CT molecular complexity index is 741. The third-order valence-corrected chi connectivity index (χ3v) is 5.99. The minimum absolute atomic E-state index is 0.00243. The van der Waals surface area contributed by atoms with Crippen molar-refractivity contribution in [3.8, 4) is 0 Å². The summed E-state index contributed by atoms with van der Waals surface area (Å²) in [5.74, 6) is -0.0838. The number of urea groups is 1. The summed E-state index contributed by atoms with van der Waals surface area (Å²) in [5, 5.41) is 4.56. The minimum atomic E-state index is -0.441. The quantitative estimate of drug-likeness (QED) is 0.543. The second kappa shape index (κ2) is 8.96. The van der Waals surface area contributed by atoms with E-state index in [9.17, 15) is 14.4 Å². The van der Waals surface area contributed by atoms with E-state index in [0.29, 0.717) is 19.6 Å². The average Bonchev–Trinajstić information content (AvgIpc) is 2.98. The topological polar surface area (TPSA) is 82.2 Å². The van der Waals surface area contributed by atoms with Crippen molar-refractivity contribution in [2.24, 2.45) is 0 Å². The number of fused-ring (bicyclic) bond motifs is 2. The van der Waals surface area contributed by atoms with E-state index in [1.807, 2.05) is 35.1 Å². The number of benzene rings is 1. The molecule has 9 heteroatoms. The summed E-state index contributed by atoms with van der Waals surface area (Å²) in [7, 11) is 1.55. The molecule has 0 unspecified atom stereocenters. The first-order valence-electron chi connectivity index (χ1n) is 10.3. The molecule has 0 spiro atoms. The fraction of sp³-hybridized carbons (Fsp3) is 0.550. The molecule has 3 fully saturated rings. The Labute approximate surface area is 171 Å². The molecule has 8 nitrogen and oxygen atoms in total. The van der Waals surface area contributed by atoms with Gasteiger partial charge in [0.05, 0.1) is 12.2 Å². The first-order chi connectivity index (χ1) is 14.2. The number of nitrogens with zero attached hydrogens (tertiary/aromatic N) is 3. The second-order valence-electron chi connectivity index (χ2n) is 7.87. The van der Waals surface area contributed by atoms with Crippen LogP contribution in [0.1, 0.15) is 31.2 Å². The Morgan fingerprint density at radius 3 is 2.66 bits per heavy atom. The molecule has 3 aliphatic heterocycles. The second-order valence-corrected chi connectivity index (χ2v) is 7.87.